The Kier molecular flexibility index (Phi) is 3.18. The van der Waals surface area contributed by atoms with Crippen molar-refractivity contribution in [1.29, 1.82) is 0 Å². The molecule has 0 spiro atoms. The van der Waals surface area contributed by atoms with Gasteiger partial charge in [-0.05, 0) is 31.5 Å². The van der Waals surface area contributed by atoms with Crippen molar-refractivity contribution in [2.24, 2.45) is 0 Å². The summed E-state index contributed by atoms with van der Waals surface area (Å²) >= 11 is 0. The number of nitrogens with one attached hydrogen (secondary N) is 1. The molecule has 5 heteroatoms. The molecule has 0 bridgehead atoms. The molecule has 2 aromatic rings. The van der Waals surface area contributed by atoms with Gasteiger partial charge in [0.25, 0.3) is 5.91 Å². The summed E-state index contributed by atoms with van der Waals surface area (Å²) in [5.41, 5.74) is 2.32. The molecule has 1 aromatic carbocycles. The predicted molar refractivity (Wildman–Crippen MR) is 64.9 cm³/mol. The molecule has 0 aliphatic heterocycles. The van der Waals surface area contributed by atoms with Crippen LogP contribution in [0.25, 0.3) is 0 Å². The first-order chi connectivity index (χ1) is 8.22. The molecule has 17 heavy (non-hydrogen) atoms. The number of amides is 1. The van der Waals surface area contributed by atoms with Gasteiger partial charge in [0.05, 0.1) is 6.20 Å². The first kappa shape index (κ1) is 11.3. The van der Waals surface area contributed by atoms with Crippen LogP contribution in [-0.2, 0) is 0 Å². The van der Waals surface area contributed by atoms with E-state index in [9.17, 15) is 4.79 Å². The number of anilines is 1. The zero-order valence-corrected chi connectivity index (χ0v) is 9.84. The van der Waals surface area contributed by atoms with Crippen LogP contribution in [-0.4, -0.2) is 27.9 Å². The lowest BCUT2D eigenvalue weighted by atomic mass is 10.2. The third-order valence-electron chi connectivity index (χ3n) is 2.51. The Hall–Kier alpha value is -2.17. The molecule has 1 N–H and O–H groups in total. The van der Waals surface area contributed by atoms with E-state index in [1.165, 1.54) is 6.20 Å². The summed E-state index contributed by atoms with van der Waals surface area (Å²) in [5, 5.41) is 9.90. The van der Waals surface area contributed by atoms with E-state index < -0.39 is 0 Å². The Morgan fingerprint density at radius 3 is 2.88 bits per heavy atom. The fourth-order valence-corrected chi connectivity index (χ4v) is 1.68. The van der Waals surface area contributed by atoms with Crippen molar-refractivity contribution in [2.45, 2.75) is 13.8 Å². The van der Waals surface area contributed by atoms with Crippen molar-refractivity contribution in [2.75, 3.05) is 11.4 Å². The standard InChI is InChI=1S/C12H14N4O/c1-3-16(10-6-4-5-9(2)7-10)12(17)11-8-13-15-14-11/h4-8H,3H2,1-2H3,(H,13,14,15). The maximum absolute atomic E-state index is 12.2. The smallest absolute Gasteiger partial charge is 0.280 e. The Morgan fingerprint density at radius 1 is 1.47 bits per heavy atom. The van der Waals surface area contributed by atoms with Gasteiger partial charge in [0.1, 0.15) is 0 Å². The van der Waals surface area contributed by atoms with Crippen LogP contribution in [0, 0.1) is 6.92 Å². The molecular weight excluding hydrogens is 216 g/mol. The quantitative estimate of drug-likeness (QED) is 0.874. The second-order valence-electron chi connectivity index (χ2n) is 3.74. The number of carbonyl (C=O) groups is 1. The van der Waals surface area contributed by atoms with Crippen LogP contribution in [0.2, 0.25) is 0 Å². The predicted octanol–water partition coefficient (Wildman–Crippen LogP) is 1.78. The van der Waals surface area contributed by atoms with E-state index in [2.05, 4.69) is 15.4 Å². The summed E-state index contributed by atoms with van der Waals surface area (Å²) in [5.74, 6) is -0.146. The third kappa shape index (κ3) is 2.33. The number of benzene rings is 1. The van der Waals surface area contributed by atoms with Gasteiger partial charge < -0.3 is 4.90 Å². The lowest BCUT2D eigenvalue weighted by Crippen LogP contribution is -2.30. The average molecular weight is 230 g/mol. The van der Waals surface area contributed by atoms with E-state index in [1.54, 1.807) is 4.90 Å². The summed E-state index contributed by atoms with van der Waals surface area (Å²) in [7, 11) is 0. The lowest BCUT2D eigenvalue weighted by Gasteiger charge is -2.20. The van der Waals surface area contributed by atoms with Crippen molar-refractivity contribution < 1.29 is 4.79 Å². The molecule has 1 amide bonds. The highest BCUT2D eigenvalue weighted by atomic mass is 16.2. The number of H-pyrrole nitrogens is 1. The minimum Gasteiger partial charge on any atom is -0.307 e. The molecule has 0 aliphatic rings. The van der Waals surface area contributed by atoms with Crippen LogP contribution < -0.4 is 4.90 Å². The van der Waals surface area contributed by atoms with Crippen molar-refractivity contribution in [3.8, 4) is 0 Å². The molecule has 0 aliphatic carbocycles. The van der Waals surface area contributed by atoms with E-state index in [-0.39, 0.29) is 5.91 Å². The highest BCUT2D eigenvalue weighted by Crippen LogP contribution is 2.17. The molecule has 0 saturated heterocycles. The second kappa shape index (κ2) is 4.78. The molecular formula is C12H14N4O. The van der Waals surface area contributed by atoms with Gasteiger partial charge in [-0.1, -0.05) is 12.1 Å². The molecule has 0 fully saturated rings. The normalized spacial score (nSPS) is 10.2. The maximum Gasteiger partial charge on any atom is 0.280 e. The minimum absolute atomic E-state index is 0.146. The fourth-order valence-electron chi connectivity index (χ4n) is 1.68. The molecule has 1 aromatic heterocycles. The maximum atomic E-state index is 12.2. The number of nitrogens with zero attached hydrogens (tertiary/aromatic N) is 3. The SMILES string of the molecule is CCN(C(=O)c1cn[nH]n1)c1cccc(C)c1. The van der Waals surface area contributed by atoms with Crippen LogP contribution in [0.1, 0.15) is 23.0 Å². The van der Waals surface area contributed by atoms with Gasteiger partial charge in [0.15, 0.2) is 5.69 Å². The van der Waals surface area contributed by atoms with Gasteiger partial charge in [0, 0.05) is 12.2 Å². The number of hydrogen-bond acceptors (Lipinski definition) is 3. The zero-order valence-electron chi connectivity index (χ0n) is 9.84. The highest BCUT2D eigenvalue weighted by Gasteiger charge is 2.18. The summed E-state index contributed by atoms with van der Waals surface area (Å²) in [6, 6.07) is 7.82. The van der Waals surface area contributed by atoms with E-state index in [4.69, 9.17) is 0 Å². The second-order valence-corrected chi connectivity index (χ2v) is 3.74. The molecule has 2 rings (SSSR count). The molecule has 1 heterocycles. The molecule has 88 valence electrons. The third-order valence-corrected chi connectivity index (χ3v) is 2.51. The monoisotopic (exact) mass is 230 g/mol. The number of rotatable bonds is 3. The van der Waals surface area contributed by atoms with Crippen molar-refractivity contribution in [3.63, 3.8) is 0 Å². The van der Waals surface area contributed by atoms with E-state index in [0.29, 0.717) is 12.2 Å². The van der Waals surface area contributed by atoms with Gasteiger partial charge in [-0.3, -0.25) is 4.79 Å². The Labute approximate surface area is 99.5 Å². The van der Waals surface area contributed by atoms with E-state index in [1.807, 2.05) is 38.1 Å². The van der Waals surface area contributed by atoms with Crippen molar-refractivity contribution in [3.05, 3.63) is 41.7 Å². The molecule has 0 radical (unpaired) electrons. The van der Waals surface area contributed by atoms with Crippen LogP contribution in [0.15, 0.2) is 30.5 Å². The number of carbonyl (C=O) groups excluding carboxylic acids is 1. The summed E-state index contributed by atoms with van der Waals surface area (Å²) < 4.78 is 0. The van der Waals surface area contributed by atoms with E-state index in [0.717, 1.165) is 11.3 Å². The largest absolute Gasteiger partial charge is 0.307 e. The average Bonchev–Trinajstić information content (AvgIpc) is 2.83. The Bertz CT molecular complexity index is 507. The number of aryl methyl sites for hydroxylation is 1. The summed E-state index contributed by atoms with van der Waals surface area (Å²) in [6.07, 6.45) is 1.43. The van der Waals surface area contributed by atoms with Crippen LogP contribution in [0.5, 0.6) is 0 Å². The molecule has 0 atom stereocenters. The van der Waals surface area contributed by atoms with Gasteiger partial charge in [-0.25, -0.2) is 0 Å². The van der Waals surface area contributed by atoms with E-state index >= 15 is 0 Å². The summed E-state index contributed by atoms with van der Waals surface area (Å²) in [6.45, 7) is 4.52. The van der Waals surface area contributed by atoms with Gasteiger partial charge in [0.2, 0.25) is 0 Å². The van der Waals surface area contributed by atoms with Gasteiger partial charge in [-0.15, -0.1) is 0 Å². The number of aromatic amines is 1. The first-order valence-electron chi connectivity index (χ1n) is 5.46. The Balaban J connectivity index is 2.31. The minimum atomic E-state index is -0.146. The van der Waals surface area contributed by atoms with Crippen LogP contribution in [0.3, 0.4) is 0 Å². The van der Waals surface area contributed by atoms with Gasteiger partial charge in [-0.2, -0.15) is 15.4 Å². The van der Waals surface area contributed by atoms with Crippen LogP contribution in [0.4, 0.5) is 5.69 Å². The molecule has 5 nitrogen and oxygen atoms in total. The number of aromatic nitrogens is 3. The lowest BCUT2D eigenvalue weighted by molar-refractivity contribution is 0.0983. The topological polar surface area (TPSA) is 61.9 Å². The molecule has 0 saturated carbocycles. The molecule has 0 unspecified atom stereocenters. The Morgan fingerprint density at radius 2 is 2.29 bits per heavy atom. The first-order valence-corrected chi connectivity index (χ1v) is 5.46. The fraction of sp³-hybridized carbons (Fsp3) is 0.250. The van der Waals surface area contributed by atoms with Crippen molar-refractivity contribution >= 4 is 11.6 Å². The van der Waals surface area contributed by atoms with Crippen LogP contribution >= 0.6 is 0 Å². The summed E-state index contributed by atoms with van der Waals surface area (Å²) in [4.78, 5) is 13.8. The van der Waals surface area contributed by atoms with Gasteiger partial charge >= 0.3 is 0 Å². The zero-order chi connectivity index (χ0) is 12.3. The van der Waals surface area contributed by atoms with Crippen molar-refractivity contribution in [1.82, 2.24) is 15.4 Å². The number of hydrogen-bond donors (Lipinski definition) is 1. The highest BCUT2D eigenvalue weighted by molar-refractivity contribution is 6.04.